The molecule has 2 aromatic carbocycles. The predicted octanol–water partition coefficient (Wildman–Crippen LogP) is 6.26. The van der Waals surface area contributed by atoms with Crippen LogP contribution in [0.1, 0.15) is 31.2 Å². The van der Waals surface area contributed by atoms with Crippen molar-refractivity contribution in [3.8, 4) is 0 Å². The maximum atomic E-state index is 4.60. The van der Waals surface area contributed by atoms with Gasteiger partial charge in [0.1, 0.15) is 0 Å². The van der Waals surface area contributed by atoms with Crippen LogP contribution < -0.4 is 0 Å². The standard InChI is InChI=1S/C12H15NS.C9H7N/c1-2-3-4-9-12-13-10-7-5-6-8-11(10)14-12;1-2-6-9-8(4-1)5-3-7-10-9/h5-8H,2-4,9H2,1H3;1-7H. The molecule has 0 saturated heterocycles. The highest BCUT2D eigenvalue weighted by Gasteiger charge is 2.01. The van der Waals surface area contributed by atoms with E-state index in [1.807, 2.05) is 41.8 Å². The number of rotatable bonds is 4. The fourth-order valence-electron chi connectivity index (χ4n) is 2.57. The molecule has 0 fully saturated rings. The summed E-state index contributed by atoms with van der Waals surface area (Å²) in [5.74, 6) is 0. The molecule has 0 amide bonds. The molecule has 3 heteroatoms. The van der Waals surface area contributed by atoms with Crippen LogP contribution in [-0.2, 0) is 6.42 Å². The van der Waals surface area contributed by atoms with Crippen LogP contribution in [0.4, 0.5) is 0 Å². The van der Waals surface area contributed by atoms with Gasteiger partial charge in [0, 0.05) is 11.6 Å². The van der Waals surface area contributed by atoms with Crippen molar-refractivity contribution in [1.82, 2.24) is 9.97 Å². The summed E-state index contributed by atoms with van der Waals surface area (Å²) < 4.78 is 1.32. The maximum Gasteiger partial charge on any atom is 0.0938 e. The van der Waals surface area contributed by atoms with E-state index in [9.17, 15) is 0 Å². The van der Waals surface area contributed by atoms with Gasteiger partial charge in [-0.25, -0.2) is 4.98 Å². The highest BCUT2D eigenvalue weighted by molar-refractivity contribution is 7.18. The largest absolute Gasteiger partial charge is 0.256 e. The summed E-state index contributed by atoms with van der Waals surface area (Å²) in [5, 5.41) is 2.49. The number of fused-ring (bicyclic) bond motifs is 2. The Labute approximate surface area is 147 Å². The minimum atomic E-state index is 1.06. The second-order valence-corrected chi connectivity index (χ2v) is 6.84. The fourth-order valence-corrected chi connectivity index (χ4v) is 3.58. The molecular weight excluding hydrogens is 312 g/mol. The van der Waals surface area contributed by atoms with Crippen molar-refractivity contribution in [2.45, 2.75) is 32.6 Å². The summed E-state index contributed by atoms with van der Waals surface area (Å²) in [6.45, 7) is 2.23. The molecule has 2 aromatic heterocycles. The van der Waals surface area contributed by atoms with Gasteiger partial charge in [0.2, 0.25) is 0 Å². The smallest absolute Gasteiger partial charge is 0.0938 e. The minimum absolute atomic E-state index is 1.06. The summed E-state index contributed by atoms with van der Waals surface area (Å²) in [7, 11) is 0. The predicted molar refractivity (Wildman–Crippen MR) is 105 cm³/mol. The molecule has 4 rings (SSSR count). The van der Waals surface area contributed by atoms with Gasteiger partial charge in [0.05, 0.1) is 20.7 Å². The van der Waals surface area contributed by atoms with E-state index in [1.54, 1.807) is 0 Å². The summed E-state index contributed by atoms with van der Waals surface area (Å²) in [4.78, 5) is 8.78. The van der Waals surface area contributed by atoms with Crippen LogP contribution >= 0.6 is 11.3 Å². The Morgan fingerprint density at radius 2 is 1.58 bits per heavy atom. The number of benzene rings is 2. The van der Waals surface area contributed by atoms with Crippen LogP contribution in [-0.4, -0.2) is 9.97 Å². The molecule has 24 heavy (non-hydrogen) atoms. The lowest BCUT2D eigenvalue weighted by Crippen LogP contribution is -1.82. The molecule has 122 valence electrons. The van der Waals surface area contributed by atoms with Crippen LogP contribution in [0.25, 0.3) is 21.1 Å². The van der Waals surface area contributed by atoms with Crippen molar-refractivity contribution in [3.05, 3.63) is 71.9 Å². The molecule has 0 radical (unpaired) electrons. The van der Waals surface area contributed by atoms with Gasteiger partial charge in [-0.15, -0.1) is 11.3 Å². The Morgan fingerprint density at radius 3 is 2.38 bits per heavy atom. The zero-order chi connectivity index (χ0) is 16.6. The van der Waals surface area contributed by atoms with Crippen molar-refractivity contribution in [1.29, 1.82) is 0 Å². The van der Waals surface area contributed by atoms with Crippen LogP contribution in [0.2, 0.25) is 0 Å². The third-order valence-corrected chi connectivity index (χ3v) is 4.94. The molecule has 2 nitrogen and oxygen atoms in total. The fraction of sp³-hybridized carbons (Fsp3) is 0.238. The molecule has 0 unspecified atom stereocenters. The third kappa shape index (κ3) is 4.39. The van der Waals surface area contributed by atoms with E-state index in [1.165, 1.54) is 34.4 Å². The van der Waals surface area contributed by atoms with E-state index in [0.717, 1.165) is 17.5 Å². The number of aromatic nitrogens is 2. The Hall–Kier alpha value is -2.26. The highest BCUT2D eigenvalue weighted by atomic mass is 32.1. The van der Waals surface area contributed by atoms with E-state index in [4.69, 9.17) is 0 Å². The molecule has 0 saturated carbocycles. The Bertz CT molecular complexity index is 800. The van der Waals surface area contributed by atoms with Crippen LogP contribution in [0, 0.1) is 0 Å². The molecule has 0 aliphatic heterocycles. The second kappa shape index (κ2) is 8.55. The van der Waals surface area contributed by atoms with Crippen molar-refractivity contribution in [3.63, 3.8) is 0 Å². The van der Waals surface area contributed by atoms with Gasteiger partial charge in [-0.2, -0.15) is 0 Å². The van der Waals surface area contributed by atoms with E-state index >= 15 is 0 Å². The zero-order valence-corrected chi connectivity index (χ0v) is 14.8. The summed E-state index contributed by atoms with van der Waals surface area (Å²) >= 11 is 1.84. The second-order valence-electron chi connectivity index (χ2n) is 5.73. The molecule has 0 atom stereocenters. The first kappa shape index (κ1) is 16.6. The van der Waals surface area contributed by atoms with E-state index in [2.05, 4.69) is 53.3 Å². The maximum absolute atomic E-state index is 4.60. The Kier molecular flexibility index (Phi) is 5.91. The van der Waals surface area contributed by atoms with Gasteiger partial charge in [-0.05, 0) is 37.1 Å². The van der Waals surface area contributed by atoms with Crippen LogP contribution in [0.3, 0.4) is 0 Å². The van der Waals surface area contributed by atoms with Gasteiger partial charge >= 0.3 is 0 Å². The van der Waals surface area contributed by atoms with Crippen molar-refractivity contribution in [2.75, 3.05) is 0 Å². The quantitative estimate of drug-likeness (QED) is 0.411. The number of hydrogen-bond acceptors (Lipinski definition) is 3. The van der Waals surface area contributed by atoms with Crippen molar-refractivity contribution >= 4 is 32.5 Å². The first-order chi connectivity index (χ1) is 11.9. The number of aryl methyl sites for hydroxylation is 1. The molecule has 0 N–H and O–H groups in total. The number of unbranched alkanes of at least 4 members (excludes halogenated alkanes) is 2. The van der Waals surface area contributed by atoms with Gasteiger partial charge in [0.15, 0.2) is 0 Å². The Balaban J connectivity index is 0.000000149. The summed E-state index contributed by atoms with van der Waals surface area (Å²) in [5.41, 5.74) is 2.22. The highest BCUT2D eigenvalue weighted by Crippen LogP contribution is 2.22. The molecular formula is C21H22N2S. The Morgan fingerprint density at radius 1 is 0.833 bits per heavy atom. The zero-order valence-electron chi connectivity index (χ0n) is 14.0. The minimum Gasteiger partial charge on any atom is -0.256 e. The third-order valence-electron chi connectivity index (χ3n) is 3.84. The van der Waals surface area contributed by atoms with Gasteiger partial charge in [-0.1, -0.05) is 56.2 Å². The molecule has 4 aromatic rings. The summed E-state index contributed by atoms with van der Waals surface area (Å²) in [6.07, 6.45) is 6.83. The number of pyridine rings is 1. The van der Waals surface area contributed by atoms with Gasteiger partial charge < -0.3 is 0 Å². The number of para-hydroxylation sites is 2. The molecule has 2 heterocycles. The molecule has 0 spiro atoms. The molecule has 0 bridgehead atoms. The van der Waals surface area contributed by atoms with Crippen LogP contribution in [0.15, 0.2) is 66.9 Å². The average Bonchev–Trinajstić information content (AvgIpc) is 3.05. The number of thiazole rings is 1. The monoisotopic (exact) mass is 334 g/mol. The number of hydrogen-bond donors (Lipinski definition) is 0. The van der Waals surface area contributed by atoms with Gasteiger partial charge in [-0.3, -0.25) is 4.98 Å². The molecule has 0 aliphatic rings. The summed E-state index contributed by atoms with van der Waals surface area (Å²) in [6, 6.07) is 20.5. The van der Waals surface area contributed by atoms with Crippen molar-refractivity contribution < 1.29 is 0 Å². The SMILES string of the molecule is CCCCCc1nc2ccccc2s1.c1ccc2ncccc2c1. The topological polar surface area (TPSA) is 25.8 Å². The normalized spacial score (nSPS) is 10.5. The van der Waals surface area contributed by atoms with Crippen LogP contribution in [0.5, 0.6) is 0 Å². The first-order valence-electron chi connectivity index (χ1n) is 8.51. The van der Waals surface area contributed by atoms with E-state index in [0.29, 0.717) is 0 Å². The first-order valence-corrected chi connectivity index (χ1v) is 9.32. The van der Waals surface area contributed by atoms with E-state index in [-0.39, 0.29) is 0 Å². The molecule has 0 aliphatic carbocycles. The number of nitrogens with zero attached hydrogens (tertiary/aromatic N) is 2. The average molecular weight is 334 g/mol. The lowest BCUT2D eigenvalue weighted by molar-refractivity contribution is 0.716. The van der Waals surface area contributed by atoms with Gasteiger partial charge in [0.25, 0.3) is 0 Å². The lowest BCUT2D eigenvalue weighted by atomic mass is 10.2. The van der Waals surface area contributed by atoms with Crippen molar-refractivity contribution in [2.24, 2.45) is 0 Å². The lowest BCUT2D eigenvalue weighted by Gasteiger charge is -1.92. The van der Waals surface area contributed by atoms with E-state index < -0.39 is 0 Å².